The van der Waals surface area contributed by atoms with E-state index in [1.165, 1.54) is 38.5 Å². The highest BCUT2D eigenvalue weighted by molar-refractivity contribution is 5.31. The van der Waals surface area contributed by atoms with Crippen LogP contribution in [0.5, 0.6) is 0 Å². The van der Waals surface area contributed by atoms with Gasteiger partial charge in [0.1, 0.15) is 0 Å². The molecule has 4 rings (SSSR count). The highest BCUT2D eigenvalue weighted by Gasteiger charge is 2.30. The van der Waals surface area contributed by atoms with E-state index >= 15 is 0 Å². The van der Waals surface area contributed by atoms with Crippen molar-refractivity contribution >= 4 is 0 Å². The van der Waals surface area contributed by atoms with Crippen LogP contribution in [0.3, 0.4) is 0 Å². The second-order valence-corrected chi connectivity index (χ2v) is 7.40. The lowest BCUT2D eigenvalue weighted by Gasteiger charge is -2.37. The molecule has 0 aromatic heterocycles. The van der Waals surface area contributed by atoms with Crippen molar-refractivity contribution < 1.29 is 0 Å². The maximum Gasteiger partial charge on any atom is -0.0245 e. The molecule has 0 radical (unpaired) electrons. The summed E-state index contributed by atoms with van der Waals surface area (Å²) in [6.07, 6.45) is 7.95. The standard InChI is InChI=1S/C22H26/c1-16(19-12-10-17-6-2-4-8-21(17)14-19)20-13-11-18-7-3-5-9-22(18)15-20/h2-9,16,19-20H,10-15H2,1H3. The monoisotopic (exact) mass is 290 g/mol. The van der Waals surface area contributed by atoms with Gasteiger partial charge in [0, 0.05) is 0 Å². The first kappa shape index (κ1) is 14.1. The van der Waals surface area contributed by atoms with Crippen LogP contribution in [0.25, 0.3) is 0 Å². The number of aryl methyl sites for hydroxylation is 2. The molecule has 0 spiro atoms. The van der Waals surface area contributed by atoms with Crippen LogP contribution in [0.1, 0.15) is 42.0 Å². The van der Waals surface area contributed by atoms with Crippen LogP contribution in [0, 0.1) is 17.8 Å². The van der Waals surface area contributed by atoms with Gasteiger partial charge < -0.3 is 0 Å². The van der Waals surface area contributed by atoms with Crippen LogP contribution < -0.4 is 0 Å². The Bertz CT molecular complexity index is 597. The van der Waals surface area contributed by atoms with E-state index in [4.69, 9.17) is 0 Å². The van der Waals surface area contributed by atoms with Crippen LogP contribution in [-0.4, -0.2) is 0 Å². The third kappa shape index (κ3) is 2.60. The summed E-state index contributed by atoms with van der Waals surface area (Å²) in [6, 6.07) is 18.2. The lowest BCUT2D eigenvalue weighted by Crippen LogP contribution is -2.29. The highest BCUT2D eigenvalue weighted by atomic mass is 14.4. The zero-order valence-electron chi connectivity index (χ0n) is 13.6. The Balaban J connectivity index is 1.48. The predicted molar refractivity (Wildman–Crippen MR) is 93.1 cm³/mol. The minimum Gasteiger partial charge on any atom is -0.0620 e. The molecule has 0 aliphatic heterocycles. The van der Waals surface area contributed by atoms with Gasteiger partial charge in [-0.1, -0.05) is 55.5 Å². The van der Waals surface area contributed by atoms with Crippen LogP contribution in [0.15, 0.2) is 48.5 Å². The van der Waals surface area contributed by atoms with Crippen molar-refractivity contribution in [1.29, 1.82) is 0 Å². The van der Waals surface area contributed by atoms with Gasteiger partial charge >= 0.3 is 0 Å². The molecule has 0 heterocycles. The van der Waals surface area contributed by atoms with E-state index in [0.29, 0.717) is 0 Å². The molecule has 2 aliphatic rings. The Morgan fingerprint density at radius 3 is 1.55 bits per heavy atom. The molecule has 0 heteroatoms. The average molecular weight is 290 g/mol. The number of benzene rings is 2. The van der Waals surface area contributed by atoms with Crippen molar-refractivity contribution in [2.45, 2.75) is 45.4 Å². The van der Waals surface area contributed by atoms with E-state index in [1.54, 1.807) is 22.3 Å². The summed E-state index contributed by atoms with van der Waals surface area (Å²) >= 11 is 0. The molecule has 114 valence electrons. The third-order valence-electron chi connectivity index (χ3n) is 6.26. The first-order chi connectivity index (χ1) is 10.8. The molecule has 2 aromatic rings. The summed E-state index contributed by atoms with van der Waals surface area (Å²) in [4.78, 5) is 0. The van der Waals surface area contributed by atoms with Gasteiger partial charge in [-0.15, -0.1) is 0 Å². The molecule has 0 N–H and O–H groups in total. The molecule has 0 bridgehead atoms. The second-order valence-electron chi connectivity index (χ2n) is 7.40. The SMILES string of the molecule is CC(C1CCc2ccccc2C1)C1CCc2ccccc2C1. The van der Waals surface area contributed by atoms with Crippen LogP contribution in [0.2, 0.25) is 0 Å². The maximum absolute atomic E-state index is 2.52. The van der Waals surface area contributed by atoms with E-state index in [2.05, 4.69) is 55.5 Å². The highest BCUT2D eigenvalue weighted by Crippen LogP contribution is 2.38. The Hall–Kier alpha value is -1.56. The predicted octanol–water partition coefficient (Wildman–Crippen LogP) is 5.23. The normalized spacial score (nSPS) is 25.1. The van der Waals surface area contributed by atoms with Gasteiger partial charge in [0.05, 0.1) is 0 Å². The lowest BCUT2D eigenvalue weighted by atomic mass is 9.68. The Morgan fingerprint density at radius 1 is 0.682 bits per heavy atom. The zero-order chi connectivity index (χ0) is 14.9. The fraction of sp³-hybridized carbons (Fsp3) is 0.455. The third-order valence-corrected chi connectivity index (χ3v) is 6.26. The van der Waals surface area contributed by atoms with Gasteiger partial charge in [0.25, 0.3) is 0 Å². The lowest BCUT2D eigenvalue weighted by molar-refractivity contribution is 0.208. The topological polar surface area (TPSA) is 0 Å². The molecular formula is C22H26. The van der Waals surface area contributed by atoms with E-state index in [1.807, 2.05) is 0 Å². The van der Waals surface area contributed by atoms with E-state index in [0.717, 1.165) is 17.8 Å². The van der Waals surface area contributed by atoms with Gasteiger partial charge in [-0.25, -0.2) is 0 Å². The molecule has 2 aliphatic carbocycles. The van der Waals surface area contributed by atoms with Crippen molar-refractivity contribution in [1.82, 2.24) is 0 Å². The molecule has 2 aromatic carbocycles. The minimum atomic E-state index is 0.849. The molecule has 0 amide bonds. The molecule has 0 saturated carbocycles. The van der Waals surface area contributed by atoms with E-state index < -0.39 is 0 Å². The first-order valence-corrected chi connectivity index (χ1v) is 8.95. The van der Waals surface area contributed by atoms with Crippen LogP contribution in [0.4, 0.5) is 0 Å². The summed E-state index contributed by atoms with van der Waals surface area (Å²) in [6.45, 7) is 2.52. The second kappa shape index (κ2) is 5.91. The van der Waals surface area contributed by atoms with Crippen molar-refractivity contribution in [3.63, 3.8) is 0 Å². The van der Waals surface area contributed by atoms with Gasteiger partial charge in [-0.05, 0) is 78.5 Å². The average Bonchev–Trinajstić information content (AvgIpc) is 2.60. The van der Waals surface area contributed by atoms with Crippen molar-refractivity contribution in [2.24, 2.45) is 17.8 Å². The maximum atomic E-state index is 2.52. The smallest absolute Gasteiger partial charge is 0.0245 e. The number of fused-ring (bicyclic) bond motifs is 2. The van der Waals surface area contributed by atoms with Gasteiger partial charge in [0.2, 0.25) is 0 Å². The zero-order valence-corrected chi connectivity index (χ0v) is 13.6. The summed E-state index contributed by atoms with van der Waals surface area (Å²) in [5.74, 6) is 2.61. The minimum absolute atomic E-state index is 0.849. The van der Waals surface area contributed by atoms with Gasteiger partial charge in [-0.3, -0.25) is 0 Å². The number of hydrogen-bond acceptors (Lipinski definition) is 0. The first-order valence-electron chi connectivity index (χ1n) is 8.95. The Labute approximate surface area is 134 Å². The van der Waals surface area contributed by atoms with E-state index in [-0.39, 0.29) is 0 Å². The van der Waals surface area contributed by atoms with Crippen molar-refractivity contribution in [2.75, 3.05) is 0 Å². The molecule has 0 fully saturated rings. The van der Waals surface area contributed by atoms with Gasteiger partial charge in [-0.2, -0.15) is 0 Å². The molecule has 2 atom stereocenters. The summed E-state index contributed by atoms with van der Waals surface area (Å²) < 4.78 is 0. The summed E-state index contributed by atoms with van der Waals surface area (Å²) in [5, 5.41) is 0. The molecule has 2 unspecified atom stereocenters. The van der Waals surface area contributed by atoms with Crippen LogP contribution in [-0.2, 0) is 25.7 Å². The van der Waals surface area contributed by atoms with Crippen molar-refractivity contribution in [3.8, 4) is 0 Å². The molecule has 22 heavy (non-hydrogen) atoms. The Kier molecular flexibility index (Phi) is 3.78. The fourth-order valence-corrected chi connectivity index (χ4v) is 4.73. The van der Waals surface area contributed by atoms with E-state index in [9.17, 15) is 0 Å². The molecular weight excluding hydrogens is 264 g/mol. The van der Waals surface area contributed by atoms with Crippen molar-refractivity contribution in [3.05, 3.63) is 70.8 Å². The molecule has 0 saturated heterocycles. The largest absolute Gasteiger partial charge is 0.0620 e. The summed E-state index contributed by atoms with van der Waals surface area (Å²) in [7, 11) is 0. The number of rotatable bonds is 2. The fourth-order valence-electron chi connectivity index (χ4n) is 4.73. The Morgan fingerprint density at radius 2 is 1.09 bits per heavy atom. The van der Waals surface area contributed by atoms with Crippen LogP contribution >= 0.6 is 0 Å². The summed E-state index contributed by atoms with van der Waals surface area (Å²) in [5.41, 5.74) is 6.42. The molecule has 0 nitrogen and oxygen atoms in total. The number of hydrogen-bond donors (Lipinski definition) is 0. The quantitative estimate of drug-likeness (QED) is 0.710. The van der Waals surface area contributed by atoms with Gasteiger partial charge in [0.15, 0.2) is 0 Å².